The third-order valence-electron chi connectivity index (χ3n) is 2.93. The van der Waals surface area contributed by atoms with Crippen molar-refractivity contribution in [1.29, 1.82) is 0 Å². The molecule has 7 heteroatoms. The number of anilines is 1. The lowest BCUT2D eigenvalue weighted by atomic mass is 9.93. The second-order valence-corrected chi connectivity index (χ2v) is 7.35. The first kappa shape index (κ1) is 18.1. The molecule has 0 spiro atoms. The Morgan fingerprint density at radius 3 is 2.54 bits per heavy atom. The predicted molar refractivity (Wildman–Crippen MR) is 91.2 cm³/mol. The van der Waals surface area contributed by atoms with Crippen LogP contribution in [0.25, 0.3) is 11.3 Å². The molecule has 0 radical (unpaired) electrons. The highest BCUT2D eigenvalue weighted by atomic mass is 32.1. The summed E-state index contributed by atoms with van der Waals surface area (Å²) >= 11 is 1.24. The fourth-order valence-corrected chi connectivity index (χ4v) is 2.61. The van der Waals surface area contributed by atoms with Crippen molar-refractivity contribution in [2.75, 3.05) is 11.9 Å². The number of amides is 1. The SMILES string of the molecule is CC(C)(C)CC(=O)OCC(=O)Nc1nc(-c2ccc(F)cc2)cs1. The van der Waals surface area contributed by atoms with Gasteiger partial charge in [0, 0.05) is 10.9 Å². The summed E-state index contributed by atoms with van der Waals surface area (Å²) in [6.07, 6.45) is 0.242. The Bertz CT molecular complexity index is 720. The summed E-state index contributed by atoms with van der Waals surface area (Å²) in [7, 11) is 0. The molecule has 1 amide bonds. The van der Waals surface area contributed by atoms with Crippen molar-refractivity contribution >= 4 is 28.3 Å². The highest BCUT2D eigenvalue weighted by molar-refractivity contribution is 7.14. The molecule has 1 aromatic carbocycles. The fourth-order valence-electron chi connectivity index (χ4n) is 1.87. The van der Waals surface area contributed by atoms with Crippen molar-refractivity contribution in [2.45, 2.75) is 27.2 Å². The molecule has 1 N–H and O–H groups in total. The van der Waals surface area contributed by atoms with E-state index in [9.17, 15) is 14.0 Å². The van der Waals surface area contributed by atoms with Crippen LogP contribution in [0.2, 0.25) is 0 Å². The molecule has 2 aromatic rings. The Balaban J connectivity index is 1.87. The van der Waals surface area contributed by atoms with Crippen LogP contribution in [0.15, 0.2) is 29.6 Å². The third kappa shape index (κ3) is 5.73. The summed E-state index contributed by atoms with van der Waals surface area (Å²) in [6, 6.07) is 5.93. The van der Waals surface area contributed by atoms with Crippen molar-refractivity contribution < 1.29 is 18.7 Å². The number of benzene rings is 1. The quantitative estimate of drug-likeness (QED) is 0.831. The molecule has 128 valence electrons. The van der Waals surface area contributed by atoms with Gasteiger partial charge >= 0.3 is 5.97 Å². The number of nitrogens with one attached hydrogen (secondary N) is 1. The zero-order valence-electron chi connectivity index (χ0n) is 13.8. The first-order valence-corrected chi connectivity index (χ1v) is 8.28. The van der Waals surface area contributed by atoms with Gasteiger partial charge in [-0.05, 0) is 29.7 Å². The molecular weight excluding hydrogens is 331 g/mol. The Morgan fingerprint density at radius 2 is 1.92 bits per heavy atom. The first-order chi connectivity index (χ1) is 11.2. The number of hydrogen-bond donors (Lipinski definition) is 1. The van der Waals surface area contributed by atoms with Gasteiger partial charge in [0.05, 0.1) is 12.1 Å². The highest BCUT2D eigenvalue weighted by Gasteiger charge is 2.18. The second-order valence-electron chi connectivity index (χ2n) is 6.49. The van der Waals surface area contributed by atoms with Gasteiger partial charge in [-0.2, -0.15) is 0 Å². The first-order valence-electron chi connectivity index (χ1n) is 7.40. The molecular formula is C17H19FN2O3S. The molecule has 0 bridgehead atoms. The predicted octanol–water partition coefficient (Wildman–Crippen LogP) is 3.87. The summed E-state index contributed by atoms with van der Waals surface area (Å²) < 4.78 is 17.9. The van der Waals surface area contributed by atoms with Gasteiger partial charge in [-0.1, -0.05) is 20.8 Å². The van der Waals surface area contributed by atoms with E-state index in [4.69, 9.17) is 4.74 Å². The van der Waals surface area contributed by atoms with Gasteiger partial charge in [-0.15, -0.1) is 11.3 Å². The van der Waals surface area contributed by atoms with E-state index in [1.54, 1.807) is 17.5 Å². The zero-order valence-corrected chi connectivity index (χ0v) is 14.6. The number of rotatable bonds is 5. The van der Waals surface area contributed by atoms with Crippen LogP contribution in [0.3, 0.4) is 0 Å². The average Bonchev–Trinajstić information content (AvgIpc) is 2.92. The minimum Gasteiger partial charge on any atom is -0.456 e. The van der Waals surface area contributed by atoms with E-state index in [0.717, 1.165) is 5.56 Å². The zero-order chi connectivity index (χ0) is 17.7. The van der Waals surface area contributed by atoms with Crippen molar-refractivity contribution in [3.05, 3.63) is 35.5 Å². The van der Waals surface area contributed by atoms with Gasteiger partial charge in [0.2, 0.25) is 0 Å². The topological polar surface area (TPSA) is 68.3 Å². The normalized spacial score (nSPS) is 11.2. The van der Waals surface area contributed by atoms with Crippen LogP contribution < -0.4 is 5.32 Å². The van der Waals surface area contributed by atoms with E-state index in [1.807, 2.05) is 20.8 Å². The number of ether oxygens (including phenoxy) is 1. The summed E-state index contributed by atoms with van der Waals surface area (Å²) in [4.78, 5) is 27.6. The van der Waals surface area contributed by atoms with Gasteiger partial charge in [0.15, 0.2) is 11.7 Å². The van der Waals surface area contributed by atoms with E-state index in [2.05, 4.69) is 10.3 Å². The van der Waals surface area contributed by atoms with Crippen molar-refractivity contribution in [1.82, 2.24) is 4.98 Å². The molecule has 0 fully saturated rings. The van der Waals surface area contributed by atoms with Gasteiger partial charge in [-0.3, -0.25) is 14.9 Å². The van der Waals surface area contributed by atoms with Crippen molar-refractivity contribution in [2.24, 2.45) is 5.41 Å². The van der Waals surface area contributed by atoms with Crippen LogP contribution >= 0.6 is 11.3 Å². The molecule has 0 unspecified atom stereocenters. The maximum absolute atomic E-state index is 12.9. The van der Waals surface area contributed by atoms with Crippen LogP contribution in [-0.2, 0) is 14.3 Å². The molecule has 0 saturated heterocycles. The number of thiazole rings is 1. The van der Waals surface area contributed by atoms with Crippen LogP contribution in [-0.4, -0.2) is 23.5 Å². The number of carbonyl (C=O) groups is 2. The minimum atomic E-state index is -0.447. The standard InChI is InChI=1S/C17H19FN2O3S/c1-17(2,3)8-15(22)23-9-14(21)20-16-19-13(10-24-16)11-4-6-12(18)7-5-11/h4-7,10H,8-9H2,1-3H3,(H,19,20,21). The molecule has 0 saturated carbocycles. The Kier molecular flexibility index (Phi) is 5.66. The van der Waals surface area contributed by atoms with E-state index < -0.39 is 11.9 Å². The number of aromatic nitrogens is 1. The van der Waals surface area contributed by atoms with Crippen molar-refractivity contribution in [3.8, 4) is 11.3 Å². The lowest BCUT2D eigenvalue weighted by Gasteiger charge is -2.16. The number of hydrogen-bond acceptors (Lipinski definition) is 5. The van der Waals surface area contributed by atoms with E-state index >= 15 is 0 Å². The largest absolute Gasteiger partial charge is 0.456 e. The summed E-state index contributed by atoms with van der Waals surface area (Å²) in [5.74, 6) is -1.18. The number of carbonyl (C=O) groups excluding carboxylic acids is 2. The van der Waals surface area contributed by atoms with E-state index in [-0.39, 0.29) is 24.3 Å². The lowest BCUT2D eigenvalue weighted by Crippen LogP contribution is -2.23. The molecule has 24 heavy (non-hydrogen) atoms. The van der Waals surface area contributed by atoms with Gasteiger partial charge in [0.1, 0.15) is 5.82 Å². The molecule has 1 aromatic heterocycles. The van der Waals surface area contributed by atoms with E-state index in [0.29, 0.717) is 10.8 Å². The average molecular weight is 350 g/mol. The van der Waals surface area contributed by atoms with Crippen LogP contribution in [0, 0.1) is 11.2 Å². The van der Waals surface area contributed by atoms with Gasteiger partial charge in [-0.25, -0.2) is 9.37 Å². The summed E-state index contributed by atoms with van der Waals surface area (Å²) in [6.45, 7) is 5.41. The molecule has 0 aliphatic heterocycles. The molecule has 0 atom stereocenters. The number of esters is 1. The third-order valence-corrected chi connectivity index (χ3v) is 3.69. The molecule has 0 aliphatic carbocycles. The number of nitrogens with zero attached hydrogens (tertiary/aromatic N) is 1. The van der Waals surface area contributed by atoms with Crippen LogP contribution in [0.4, 0.5) is 9.52 Å². The highest BCUT2D eigenvalue weighted by Crippen LogP contribution is 2.25. The smallest absolute Gasteiger partial charge is 0.306 e. The molecule has 2 rings (SSSR count). The molecule has 1 heterocycles. The van der Waals surface area contributed by atoms with Crippen LogP contribution in [0.1, 0.15) is 27.2 Å². The lowest BCUT2D eigenvalue weighted by molar-refractivity contribution is -0.149. The molecule has 0 aliphatic rings. The van der Waals surface area contributed by atoms with E-state index in [1.165, 1.54) is 23.5 Å². The number of halogens is 1. The van der Waals surface area contributed by atoms with Gasteiger partial charge < -0.3 is 4.74 Å². The van der Waals surface area contributed by atoms with Crippen LogP contribution in [0.5, 0.6) is 0 Å². The Morgan fingerprint density at radius 1 is 1.25 bits per heavy atom. The Labute approximate surface area is 143 Å². The van der Waals surface area contributed by atoms with Crippen molar-refractivity contribution in [3.63, 3.8) is 0 Å². The maximum atomic E-state index is 12.9. The summed E-state index contributed by atoms with van der Waals surface area (Å²) in [5.41, 5.74) is 1.21. The second kappa shape index (κ2) is 7.53. The Hall–Kier alpha value is -2.28. The molecule has 5 nitrogen and oxygen atoms in total. The monoisotopic (exact) mass is 350 g/mol. The van der Waals surface area contributed by atoms with Gasteiger partial charge in [0.25, 0.3) is 5.91 Å². The summed E-state index contributed by atoms with van der Waals surface area (Å²) in [5, 5.41) is 4.73. The maximum Gasteiger partial charge on any atom is 0.306 e. The fraction of sp³-hybridized carbons (Fsp3) is 0.353. The minimum absolute atomic E-state index is 0.188.